The van der Waals surface area contributed by atoms with Crippen LogP contribution in [0.4, 0.5) is 5.69 Å². The lowest BCUT2D eigenvalue weighted by Gasteiger charge is -2.10. The Morgan fingerprint density at radius 2 is 2.15 bits per heavy atom. The summed E-state index contributed by atoms with van der Waals surface area (Å²) in [5.74, 6) is 0. The Balaban J connectivity index is 2.46. The molecule has 20 heavy (non-hydrogen) atoms. The van der Waals surface area contributed by atoms with Gasteiger partial charge in [0.05, 0.1) is 16.7 Å². The number of rotatable bonds is 3. The van der Waals surface area contributed by atoms with E-state index in [1.165, 1.54) is 17.4 Å². The van der Waals surface area contributed by atoms with E-state index in [-0.39, 0.29) is 5.69 Å². The molecular formula is C14H13N3O2S. The number of thiazole rings is 1. The molecule has 0 spiro atoms. The molecule has 0 atom stereocenters. The maximum Gasteiger partial charge on any atom is 0.272 e. The second-order valence-electron chi connectivity index (χ2n) is 5.03. The van der Waals surface area contributed by atoms with Crippen LogP contribution in [0.25, 0.3) is 11.3 Å². The Bertz CT molecular complexity index is 713. The van der Waals surface area contributed by atoms with E-state index in [4.69, 9.17) is 5.26 Å². The maximum atomic E-state index is 11.0. The first-order valence-corrected chi connectivity index (χ1v) is 6.86. The van der Waals surface area contributed by atoms with Gasteiger partial charge in [0.2, 0.25) is 0 Å². The summed E-state index contributed by atoms with van der Waals surface area (Å²) in [4.78, 5) is 15.0. The first kappa shape index (κ1) is 14.2. The van der Waals surface area contributed by atoms with Crippen LogP contribution in [0, 0.1) is 28.4 Å². The molecule has 0 aliphatic heterocycles. The largest absolute Gasteiger partial charge is 0.272 e. The van der Waals surface area contributed by atoms with E-state index >= 15 is 0 Å². The lowest BCUT2D eigenvalue weighted by molar-refractivity contribution is -0.385. The summed E-state index contributed by atoms with van der Waals surface area (Å²) in [5.41, 5.74) is 1.40. The third-order valence-corrected chi connectivity index (χ3v) is 4.19. The molecule has 2 rings (SSSR count). The zero-order valence-corrected chi connectivity index (χ0v) is 12.2. The predicted octanol–water partition coefficient (Wildman–Crippen LogP) is 3.83. The number of aromatic nitrogens is 1. The fourth-order valence-corrected chi connectivity index (χ4v) is 2.61. The molecule has 1 aromatic heterocycles. The molecule has 102 valence electrons. The molecule has 0 saturated heterocycles. The van der Waals surface area contributed by atoms with Crippen LogP contribution in [0.15, 0.2) is 23.6 Å². The number of hydrogen-bond acceptors (Lipinski definition) is 5. The van der Waals surface area contributed by atoms with Crippen molar-refractivity contribution in [2.45, 2.75) is 26.2 Å². The van der Waals surface area contributed by atoms with Gasteiger partial charge in [-0.15, -0.1) is 11.3 Å². The van der Waals surface area contributed by atoms with Crippen LogP contribution in [0.3, 0.4) is 0 Å². The van der Waals surface area contributed by atoms with Crippen LogP contribution in [0.5, 0.6) is 0 Å². The molecule has 0 saturated carbocycles. The standard InChI is InChI=1S/C14H13N3O2S/c1-9-4-5-10(6-12(9)17(18)19)11-7-20-13(16-11)14(2,3)8-15/h4-7H,1-3H3. The van der Waals surface area contributed by atoms with Gasteiger partial charge in [-0.1, -0.05) is 12.1 Å². The average Bonchev–Trinajstić information content (AvgIpc) is 2.89. The number of benzene rings is 1. The summed E-state index contributed by atoms with van der Waals surface area (Å²) in [6.45, 7) is 5.30. The van der Waals surface area contributed by atoms with Crippen molar-refractivity contribution in [3.63, 3.8) is 0 Å². The Morgan fingerprint density at radius 3 is 2.75 bits per heavy atom. The Kier molecular flexibility index (Phi) is 3.55. The molecule has 0 aliphatic carbocycles. The van der Waals surface area contributed by atoms with Crippen molar-refractivity contribution in [2.24, 2.45) is 0 Å². The first-order valence-electron chi connectivity index (χ1n) is 5.98. The van der Waals surface area contributed by atoms with Crippen LogP contribution < -0.4 is 0 Å². The highest BCUT2D eigenvalue weighted by atomic mass is 32.1. The van der Waals surface area contributed by atoms with Crippen molar-refractivity contribution in [3.05, 3.63) is 44.3 Å². The predicted molar refractivity (Wildman–Crippen MR) is 77.6 cm³/mol. The van der Waals surface area contributed by atoms with E-state index in [9.17, 15) is 10.1 Å². The molecular weight excluding hydrogens is 274 g/mol. The van der Waals surface area contributed by atoms with Crippen molar-refractivity contribution in [2.75, 3.05) is 0 Å². The third-order valence-electron chi connectivity index (χ3n) is 3.02. The smallest absolute Gasteiger partial charge is 0.258 e. The maximum absolute atomic E-state index is 11.0. The van der Waals surface area contributed by atoms with E-state index in [1.54, 1.807) is 32.9 Å². The van der Waals surface area contributed by atoms with Crippen molar-refractivity contribution in [3.8, 4) is 17.3 Å². The topological polar surface area (TPSA) is 79.8 Å². The Labute approximate surface area is 120 Å². The summed E-state index contributed by atoms with van der Waals surface area (Å²) in [7, 11) is 0. The summed E-state index contributed by atoms with van der Waals surface area (Å²) in [6, 6.07) is 7.24. The van der Waals surface area contributed by atoms with Gasteiger partial charge in [0, 0.05) is 22.6 Å². The molecule has 0 amide bonds. The summed E-state index contributed by atoms with van der Waals surface area (Å²) >= 11 is 1.39. The van der Waals surface area contributed by atoms with Gasteiger partial charge in [-0.25, -0.2) is 4.98 Å². The minimum atomic E-state index is -0.653. The average molecular weight is 287 g/mol. The number of aryl methyl sites for hydroxylation is 1. The second-order valence-corrected chi connectivity index (χ2v) is 5.89. The molecule has 2 aromatic rings. The minimum Gasteiger partial charge on any atom is -0.258 e. The quantitative estimate of drug-likeness (QED) is 0.634. The molecule has 0 bridgehead atoms. The molecule has 5 nitrogen and oxygen atoms in total. The van der Waals surface area contributed by atoms with Crippen molar-refractivity contribution < 1.29 is 4.92 Å². The van der Waals surface area contributed by atoms with E-state index < -0.39 is 10.3 Å². The molecule has 0 N–H and O–H groups in total. The third kappa shape index (κ3) is 2.53. The van der Waals surface area contributed by atoms with Gasteiger partial charge in [0.25, 0.3) is 5.69 Å². The highest BCUT2D eigenvalue weighted by Gasteiger charge is 2.24. The van der Waals surface area contributed by atoms with Crippen molar-refractivity contribution >= 4 is 17.0 Å². The molecule has 6 heteroatoms. The molecule has 0 fully saturated rings. The van der Waals surface area contributed by atoms with Crippen molar-refractivity contribution in [1.29, 1.82) is 5.26 Å². The van der Waals surface area contributed by atoms with Gasteiger partial charge < -0.3 is 0 Å². The molecule has 1 aromatic carbocycles. The lowest BCUT2D eigenvalue weighted by atomic mass is 9.97. The molecule has 0 aliphatic rings. The monoisotopic (exact) mass is 287 g/mol. The fraction of sp³-hybridized carbons (Fsp3) is 0.286. The number of nitro groups is 1. The summed E-state index contributed by atoms with van der Waals surface area (Å²) < 4.78 is 0. The Morgan fingerprint density at radius 1 is 1.45 bits per heavy atom. The number of nitriles is 1. The summed E-state index contributed by atoms with van der Waals surface area (Å²) in [5, 5.41) is 22.6. The van der Waals surface area contributed by atoms with Gasteiger partial charge in [-0.05, 0) is 20.8 Å². The number of nitro benzene ring substituents is 1. The summed E-state index contributed by atoms with van der Waals surface area (Å²) in [6.07, 6.45) is 0. The van der Waals surface area contributed by atoms with E-state index in [2.05, 4.69) is 11.1 Å². The highest BCUT2D eigenvalue weighted by molar-refractivity contribution is 7.10. The van der Waals surface area contributed by atoms with Crippen LogP contribution in [0.1, 0.15) is 24.4 Å². The SMILES string of the molecule is Cc1ccc(-c2csc(C(C)(C)C#N)n2)cc1[N+](=O)[O-]. The van der Waals surface area contributed by atoms with Gasteiger partial charge in [0.15, 0.2) is 0 Å². The molecule has 0 radical (unpaired) electrons. The van der Waals surface area contributed by atoms with E-state index in [0.717, 1.165) is 0 Å². The zero-order valence-electron chi connectivity index (χ0n) is 11.4. The molecule has 1 heterocycles. The van der Waals surface area contributed by atoms with Crippen LogP contribution in [-0.2, 0) is 5.41 Å². The zero-order chi connectivity index (χ0) is 14.9. The minimum absolute atomic E-state index is 0.0802. The van der Waals surface area contributed by atoms with Crippen LogP contribution >= 0.6 is 11.3 Å². The lowest BCUT2D eigenvalue weighted by Crippen LogP contribution is -2.13. The van der Waals surface area contributed by atoms with Gasteiger partial charge >= 0.3 is 0 Å². The number of hydrogen-bond donors (Lipinski definition) is 0. The Hall–Kier alpha value is -2.26. The van der Waals surface area contributed by atoms with Gasteiger partial charge in [-0.3, -0.25) is 10.1 Å². The second kappa shape index (κ2) is 5.02. The normalized spacial score (nSPS) is 11.1. The van der Waals surface area contributed by atoms with Crippen LogP contribution in [-0.4, -0.2) is 9.91 Å². The van der Waals surface area contributed by atoms with E-state index in [0.29, 0.717) is 21.8 Å². The fourth-order valence-electron chi connectivity index (χ4n) is 1.71. The highest BCUT2D eigenvalue weighted by Crippen LogP contribution is 2.32. The molecule has 0 unspecified atom stereocenters. The number of nitrogens with zero attached hydrogens (tertiary/aromatic N) is 3. The van der Waals surface area contributed by atoms with Gasteiger partial charge in [0.1, 0.15) is 10.4 Å². The first-order chi connectivity index (χ1) is 9.35. The van der Waals surface area contributed by atoms with E-state index in [1.807, 2.05) is 5.38 Å². The van der Waals surface area contributed by atoms with Gasteiger partial charge in [-0.2, -0.15) is 5.26 Å². The van der Waals surface area contributed by atoms with Crippen LogP contribution in [0.2, 0.25) is 0 Å². The van der Waals surface area contributed by atoms with Crippen molar-refractivity contribution in [1.82, 2.24) is 4.98 Å².